The van der Waals surface area contributed by atoms with Crippen LogP contribution in [0.4, 0.5) is 0 Å². The maximum Gasteiger partial charge on any atom is 0.147 e. The van der Waals surface area contributed by atoms with Gasteiger partial charge in [0, 0.05) is 17.5 Å². The van der Waals surface area contributed by atoms with E-state index >= 15 is 0 Å². The molecule has 1 heterocycles. The molecule has 0 amide bonds. The van der Waals surface area contributed by atoms with Gasteiger partial charge in [0.05, 0.1) is 27.7 Å². The number of aromatic nitrogens is 1. The van der Waals surface area contributed by atoms with Gasteiger partial charge < -0.3 is 14.0 Å². The molecule has 1 aliphatic rings. The van der Waals surface area contributed by atoms with Gasteiger partial charge in [-0.25, -0.2) is 0 Å². The summed E-state index contributed by atoms with van der Waals surface area (Å²) < 4.78 is 16.8. The second-order valence-electron chi connectivity index (χ2n) is 6.33. The lowest BCUT2D eigenvalue weighted by molar-refractivity contribution is 0.300. The maximum absolute atomic E-state index is 6.37. The molecule has 0 spiro atoms. The van der Waals surface area contributed by atoms with Gasteiger partial charge in [0.1, 0.15) is 29.6 Å². The predicted octanol–water partition coefficient (Wildman–Crippen LogP) is 6.77. The molecule has 0 radical (unpaired) electrons. The van der Waals surface area contributed by atoms with Crippen molar-refractivity contribution in [2.24, 2.45) is 0 Å². The smallest absolute Gasteiger partial charge is 0.147 e. The normalized spacial score (nSPS) is 13.6. The topological polar surface area (TPSA) is 44.5 Å². The van der Waals surface area contributed by atoms with Gasteiger partial charge >= 0.3 is 0 Å². The molecule has 2 aromatic carbocycles. The van der Waals surface area contributed by atoms with Crippen LogP contribution in [-0.4, -0.2) is 12.3 Å². The highest BCUT2D eigenvalue weighted by Gasteiger charge is 2.33. The average molecular weight is 425 g/mol. The Hall–Kier alpha value is -1.88. The monoisotopic (exact) mass is 423 g/mol. The number of methoxy groups -OCH3 is 1. The fourth-order valence-corrected chi connectivity index (χ4v) is 3.76. The Morgan fingerprint density at radius 2 is 1.81 bits per heavy atom. The summed E-state index contributed by atoms with van der Waals surface area (Å²) in [4.78, 5) is 0. The predicted molar refractivity (Wildman–Crippen MR) is 106 cm³/mol. The van der Waals surface area contributed by atoms with Gasteiger partial charge in [-0.3, -0.25) is 0 Å². The van der Waals surface area contributed by atoms with Crippen molar-refractivity contribution in [3.8, 4) is 22.8 Å². The van der Waals surface area contributed by atoms with Gasteiger partial charge in [-0.1, -0.05) is 46.0 Å². The standard InChI is InChI=1S/C20H16Cl3NO3/c1-25-17-8-7-12(9-16(17)23)26-10-13-19(24-27-20(13)11-5-6-11)18-14(21)3-2-4-15(18)22/h2-4,7-9,11H,5-6,10H2,1H3. The highest BCUT2D eigenvalue weighted by Crippen LogP contribution is 2.46. The zero-order valence-electron chi connectivity index (χ0n) is 14.5. The Bertz CT molecular complexity index is 962. The van der Waals surface area contributed by atoms with E-state index in [-0.39, 0.29) is 6.61 Å². The molecule has 27 heavy (non-hydrogen) atoms. The third kappa shape index (κ3) is 3.75. The summed E-state index contributed by atoms with van der Waals surface area (Å²) >= 11 is 18.9. The number of benzene rings is 2. The largest absolute Gasteiger partial charge is 0.495 e. The van der Waals surface area contributed by atoms with Crippen LogP contribution in [0.5, 0.6) is 11.5 Å². The van der Waals surface area contributed by atoms with Crippen LogP contribution >= 0.6 is 34.8 Å². The molecule has 0 N–H and O–H groups in total. The van der Waals surface area contributed by atoms with E-state index in [9.17, 15) is 0 Å². The fraction of sp³-hybridized carbons (Fsp3) is 0.250. The zero-order chi connectivity index (χ0) is 19.0. The first kappa shape index (κ1) is 18.5. The average Bonchev–Trinajstić information content (AvgIpc) is 3.41. The lowest BCUT2D eigenvalue weighted by atomic mass is 10.0. The summed E-state index contributed by atoms with van der Waals surface area (Å²) in [5, 5.41) is 5.78. The lowest BCUT2D eigenvalue weighted by Crippen LogP contribution is -2.00. The Kier molecular flexibility index (Phi) is 5.22. The van der Waals surface area contributed by atoms with E-state index in [2.05, 4.69) is 5.16 Å². The minimum Gasteiger partial charge on any atom is -0.495 e. The zero-order valence-corrected chi connectivity index (χ0v) is 16.7. The van der Waals surface area contributed by atoms with Crippen molar-refractivity contribution in [2.75, 3.05) is 7.11 Å². The number of rotatable bonds is 6. The number of ether oxygens (including phenoxy) is 2. The van der Waals surface area contributed by atoms with Gasteiger partial charge in [-0.15, -0.1) is 0 Å². The van der Waals surface area contributed by atoms with Crippen LogP contribution in [0.2, 0.25) is 15.1 Å². The third-order valence-electron chi connectivity index (χ3n) is 4.47. The molecule has 3 aromatic rings. The first-order chi connectivity index (χ1) is 13.1. The van der Waals surface area contributed by atoms with Crippen molar-refractivity contribution >= 4 is 34.8 Å². The van der Waals surface area contributed by atoms with Crippen molar-refractivity contribution in [1.29, 1.82) is 0 Å². The first-order valence-corrected chi connectivity index (χ1v) is 9.61. The minimum atomic E-state index is 0.273. The highest BCUT2D eigenvalue weighted by atomic mass is 35.5. The fourth-order valence-electron chi connectivity index (χ4n) is 2.94. The molecule has 1 fully saturated rings. The Balaban J connectivity index is 1.67. The van der Waals surface area contributed by atoms with Crippen molar-refractivity contribution in [1.82, 2.24) is 5.16 Å². The van der Waals surface area contributed by atoms with Gasteiger partial charge in [0.25, 0.3) is 0 Å². The van der Waals surface area contributed by atoms with Crippen LogP contribution in [0.1, 0.15) is 30.1 Å². The van der Waals surface area contributed by atoms with Gasteiger partial charge in [0.2, 0.25) is 0 Å². The maximum atomic E-state index is 6.37. The SMILES string of the molecule is COc1ccc(OCc2c(-c3c(Cl)cccc3Cl)noc2C2CC2)cc1Cl. The summed E-state index contributed by atoms with van der Waals surface area (Å²) in [7, 11) is 1.57. The van der Waals surface area contributed by atoms with Crippen molar-refractivity contribution in [2.45, 2.75) is 25.4 Å². The van der Waals surface area contributed by atoms with Crippen molar-refractivity contribution in [3.63, 3.8) is 0 Å². The van der Waals surface area contributed by atoms with E-state index < -0.39 is 0 Å². The molecule has 0 aliphatic heterocycles. The van der Waals surface area contributed by atoms with E-state index in [0.29, 0.717) is 43.7 Å². The molecular weight excluding hydrogens is 409 g/mol. The molecule has 7 heteroatoms. The lowest BCUT2D eigenvalue weighted by Gasteiger charge is -2.10. The first-order valence-electron chi connectivity index (χ1n) is 8.47. The number of halogens is 3. The Morgan fingerprint density at radius 1 is 1.07 bits per heavy atom. The second kappa shape index (κ2) is 7.63. The minimum absolute atomic E-state index is 0.273. The van der Waals surface area contributed by atoms with Crippen molar-refractivity contribution in [3.05, 3.63) is 62.8 Å². The molecule has 4 nitrogen and oxygen atoms in total. The van der Waals surface area contributed by atoms with E-state index in [4.69, 9.17) is 48.8 Å². The molecule has 1 saturated carbocycles. The van der Waals surface area contributed by atoms with Crippen LogP contribution in [0, 0.1) is 0 Å². The summed E-state index contributed by atoms with van der Waals surface area (Å²) in [6.45, 7) is 0.273. The Labute approximate surface area is 171 Å². The number of nitrogens with zero attached hydrogens (tertiary/aromatic N) is 1. The van der Waals surface area contributed by atoms with Crippen LogP contribution < -0.4 is 9.47 Å². The molecule has 140 valence electrons. The molecule has 0 unspecified atom stereocenters. The van der Waals surface area contributed by atoms with Crippen molar-refractivity contribution < 1.29 is 14.0 Å². The summed E-state index contributed by atoms with van der Waals surface area (Å²) in [6, 6.07) is 10.6. The second-order valence-corrected chi connectivity index (χ2v) is 7.55. The van der Waals surface area contributed by atoms with E-state index in [1.165, 1.54) is 0 Å². The summed E-state index contributed by atoms with van der Waals surface area (Å²) in [5.74, 6) is 2.42. The molecule has 4 rings (SSSR count). The van der Waals surface area contributed by atoms with Gasteiger partial charge in [0.15, 0.2) is 0 Å². The number of hydrogen-bond donors (Lipinski definition) is 0. The molecular formula is C20H16Cl3NO3. The quantitative estimate of drug-likeness (QED) is 0.438. The van der Waals surface area contributed by atoms with E-state index in [1.807, 2.05) is 0 Å². The summed E-state index contributed by atoms with van der Waals surface area (Å²) in [6.07, 6.45) is 2.15. The van der Waals surface area contributed by atoms with Gasteiger partial charge in [-0.05, 0) is 37.1 Å². The highest BCUT2D eigenvalue weighted by molar-refractivity contribution is 6.39. The molecule has 0 saturated heterocycles. The van der Waals surface area contributed by atoms with Crippen LogP contribution in [0.3, 0.4) is 0 Å². The molecule has 0 bridgehead atoms. The molecule has 0 atom stereocenters. The number of hydrogen-bond acceptors (Lipinski definition) is 4. The van der Waals surface area contributed by atoms with E-state index in [1.54, 1.807) is 43.5 Å². The van der Waals surface area contributed by atoms with Gasteiger partial charge in [-0.2, -0.15) is 0 Å². The molecule has 1 aliphatic carbocycles. The van der Waals surface area contributed by atoms with Crippen LogP contribution in [0.25, 0.3) is 11.3 Å². The Morgan fingerprint density at radius 3 is 2.44 bits per heavy atom. The summed E-state index contributed by atoms with van der Waals surface area (Å²) in [5.41, 5.74) is 2.13. The van der Waals surface area contributed by atoms with Crippen LogP contribution in [0.15, 0.2) is 40.9 Å². The third-order valence-corrected chi connectivity index (χ3v) is 5.40. The molecule has 1 aromatic heterocycles. The van der Waals surface area contributed by atoms with E-state index in [0.717, 1.165) is 24.2 Å². The van der Waals surface area contributed by atoms with Crippen LogP contribution in [-0.2, 0) is 6.61 Å².